The van der Waals surface area contributed by atoms with Gasteiger partial charge in [-0.25, -0.2) is 0 Å². The van der Waals surface area contributed by atoms with Crippen LogP contribution in [0.15, 0.2) is 24.4 Å². The summed E-state index contributed by atoms with van der Waals surface area (Å²) in [5, 5.41) is 10.1. The highest BCUT2D eigenvalue weighted by molar-refractivity contribution is 5.82. The number of nitrogens with zero attached hydrogens (tertiary/aromatic N) is 5. The van der Waals surface area contributed by atoms with Gasteiger partial charge in [-0.05, 0) is 32.0 Å². The van der Waals surface area contributed by atoms with Crippen molar-refractivity contribution in [1.82, 2.24) is 25.1 Å². The first-order valence-corrected chi connectivity index (χ1v) is 9.02. The topological polar surface area (TPSA) is 91.9 Å². The fourth-order valence-electron chi connectivity index (χ4n) is 2.67. The van der Waals surface area contributed by atoms with Crippen molar-refractivity contribution in [3.05, 3.63) is 24.4 Å². The van der Waals surface area contributed by atoms with Gasteiger partial charge in [0.1, 0.15) is 0 Å². The van der Waals surface area contributed by atoms with Crippen LogP contribution in [-0.2, 0) is 0 Å². The SMILES string of the molecule is CCN(CC)c1nc(Nc2ccc3cn[nH]c3c2)nc(OC(C(F)(F)F)C(F)(F)F)n1. The lowest BCUT2D eigenvalue weighted by Crippen LogP contribution is -2.47. The van der Waals surface area contributed by atoms with E-state index in [1.165, 1.54) is 4.90 Å². The fourth-order valence-corrected chi connectivity index (χ4v) is 2.67. The molecule has 0 unspecified atom stereocenters. The largest absolute Gasteiger partial charge is 0.440 e. The van der Waals surface area contributed by atoms with Crippen molar-refractivity contribution in [3.8, 4) is 6.01 Å². The summed E-state index contributed by atoms with van der Waals surface area (Å²) in [7, 11) is 0. The number of fused-ring (bicyclic) bond motifs is 1. The lowest BCUT2D eigenvalue weighted by Gasteiger charge is -2.24. The van der Waals surface area contributed by atoms with Crippen molar-refractivity contribution >= 4 is 28.5 Å². The fraction of sp³-hybridized carbons (Fsp3) is 0.412. The minimum absolute atomic E-state index is 0.136. The Morgan fingerprint density at radius 1 is 1.03 bits per heavy atom. The van der Waals surface area contributed by atoms with E-state index in [2.05, 4.69) is 35.2 Å². The Hall–Kier alpha value is -3.32. The number of aromatic nitrogens is 5. The Balaban J connectivity index is 1.99. The third-order valence-corrected chi connectivity index (χ3v) is 4.17. The van der Waals surface area contributed by atoms with Crippen molar-refractivity contribution in [1.29, 1.82) is 0 Å². The lowest BCUT2D eigenvalue weighted by molar-refractivity contribution is -0.301. The molecular weight excluding hydrogens is 432 g/mol. The predicted octanol–water partition coefficient (Wildman–Crippen LogP) is 4.21. The van der Waals surface area contributed by atoms with Gasteiger partial charge >= 0.3 is 18.4 Å². The molecule has 0 spiro atoms. The molecule has 3 aromatic rings. The maximum Gasteiger partial charge on any atom is 0.434 e. The number of alkyl halides is 6. The van der Waals surface area contributed by atoms with E-state index in [9.17, 15) is 26.3 Å². The normalized spacial score (nSPS) is 12.4. The van der Waals surface area contributed by atoms with Gasteiger partial charge in [-0.1, -0.05) is 0 Å². The van der Waals surface area contributed by atoms with Crippen molar-refractivity contribution < 1.29 is 31.1 Å². The average molecular weight is 449 g/mol. The lowest BCUT2D eigenvalue weighted by atomic mass is 10.2. The maximum absolute atomic E-state index is 12.9. The second kappa shape index (κ2) is 8.43. The molecule has 2 heterocycles. The number of halogens is 6. The quantitative estimate of drug-likeness (QED) is 0.522. The number of rotatable bonds is 7. The molecule has 0 amide bonds. The first-order chi connectivity index (χ1) is 14.5. The first kappa shape index (κ1) is 22.4. The highest BCUT2D eigenvalue weighted by Crippen LogP contribution is 2.36. The molecule has 0 radical (unpaired) electrons. The van der Waals surface area contributed by atoms with E-state index in [-0.39, 0.29) is 11.9 Å². The van der Waals surface area contributed by atoms with Crippen LogP contribution < -0.4 is 15.0 Å². The molecule has 14 heteroatoms. The van der Waals surface area contributed by atoms with Crippen LogP contribution in [0.2, 0.25) is 0 Å². The van der Waals surface area contributed by atoms with Gasteiger partial charge < -0.3 is 15.0 Å². The van der Waals surface area contributed by atoms with E-state index in [1.807, 2.05) is 0 Å². The van der Waals surface area contributed by atoms with Crippen molar-refractivity contribution in [3.63, 3.8) is 0 Å². The van der Waals surface area contributed by atoms with Crippen LogP contribution in [0.25, 0.3) is 10.9 Å². The van der Waals surface area contributed by atoms with Gasteiger partial charge in [0.25, 0.3) is 6.10 Å². The molecule has 0 atom stereocenters. The van der Waals surface area contributed by atoms with E-state index in [1.54, 1.807) is 38.2 Å². The second-order valence-electron chi connectivity index (χ2n) is 6.29. The smallest absolute Gasteiger partial charge is 0.434 e. The summed E-state index contributed by atoms with van der Waals surface area (Å²) in [6.45, 7) is 4.14. The number of nitrogens with one attached hydrogen (secondary N) is 2. The highest BCUT2D eigenvalue weighted by Gasteiger charge is 2.59. The highest BCUT2D eigenvalue weighted by atomic mass is 19.4. The van der Waals surface area contributed by atoms with Crippen LogP contribution in [0.3, 0.4) is 0 Å². The zero-order valence-corrected chi connectivity index (χ0v) is 16.2. The van der Waals surface area contributed by atoms with E-state index in [0.29, 0.717) is 24.3 Å². The molecule has 1 aromatic carbocycles. The van der Waals surface area contributed by atoms with Gasteiger partial charge in [-0.3, -0.25) is 5.10 Å². The van der Waals surface area contributed by atoms with Gasteiger partial charge in [0, 0.05) is 24.2 Å². The Labute approximate surface area is 171 Å². The summed E-state index contributed by atoms with van der Waals surface area (Å²) >= 11 is 0. The van der Waals surface area contributed by atoms with Crippen LogP contribution in [-0.4, -0.2) is 56.7 Å². The van der Waals surface area contributed by atoms with Crippen LogP contribution in [0.1, 0.15) is 13.8 Å². The van der Waals surface area contributed by atoms with Gasteiger partial charge in [-0.15, -0.1) is 0 Å². The van der Waals surface area contributed by atoms with Gasteiger partial charge in [-0.2, -0.15) is 46.4 Å². The van der Waals surface area contributed by atoms with E-state index < -0.39 is 24.5 Å². The van der Waals surface area contributed by atoms with Crippen LogP contribution in [0.5, 0.6) is 6.01 Å². The van der Waals surface area contributed by atoms with Crippen molar-refractivity contribution in [2.45, 2.75) is 32.3 Å². The number of H-pyrrole nitrogens is 1. The van der Waals surface area contributed by atoms with Crippen LogP contribution >= 0.6 is 0 Å². The number of ether oxygens (including phenoxy) is 1. The Bertz CT molecular complexity index is 1020. The monoisotopic (exact) mass is 449 g/mol. The van der Waals surface area contributed by atoms with Gasteiger partial charge in [0.15, 0.2) is 0 Å². The second-order valence-corrected chi connectivity index (χ2v) is 6.29. The summed E-state index contributed by atoms with van der Waals surface area (Å²) < 4.78 is 81.6. The minimum atomic E-state index is -5.71. The summed E-state index contributed by atoms with van der Waals surface area (Å²) in [6, 6.07) is 3.83. The number of anilines is 3. The minimum Gasteiger partial charge on any atom is -0.440 e. The third kappa shape index (κ3) is 5.24. The molecule has 0 fully saturated rings. The Kier molecular flexibility index (Phi) is 6.08. The third-order valence-electron chi connectivity index (χ3n) is 4.17. The molecule has 0 aliphatic rings. The average Bonchev–Trinajstić information content (AvgIpc) is 3.13. The Morgan fingerprint density at radius 3 is 2.32 bits per heavy atom. The molecule has 0 aliphatic heterocycles. The van der Waals surface area contributed by atoms with Crippen LogP contribution in [0.4, 0.5) is 43.9 Å². The maximum atomic E-state index is 12.9. The molecule has 31 heavy (non-hydrogen) atoms. The Morgan fingerprint density at radius 2 is 1.71 bits per heavy atom. The summed E-state index contributed by atoms with van der Waals surface area (Å²) in [6.07, 6.45) is -13.9. The van der Waals surface area contributed by atoms with Gasteiger partial charge in [0.2, 0.25) is 11.9 Å². The predicted molar refractivity (Wildman–Crippen MR) is 99.3 cm³/mol. The van der Waals surface area contributed by atoms with E-state index in [4.69, 9.17) is 0 Å². The van der Waals surface area contributed by atoms with Crippen LogP contribution in [0, 0.1) is 0 Å². The van der Waals surface area contributed by atoms with E-state index >= 15 is 0 Å². The molecule has 0 bridgehead atoms. The van der Waals surface area contributed by atoms with Gasteiger partial charge in [0.05, 0.1) is 11.7 Å². The molecule has 168 valence electrons. The zero-order chi connectivity index (χ0) is 22.8. The number of hydrogen-bond acceptors (Lipinski definition) is 7. The summed E-state index contributed by atoms with van der Waals surface area (Å²) in [5.41, 5.74) is 1.07. The number of benzene rings is 1. The molecule has 8 nitrogen and oxygen atoms in total. The first-order valence-electron chi connectivity index (χ1n) is 9.02. The zero-order valence-electron chi connectivity index (χ0n) is 16.2. The number of hydrogen-bond donors (Lipinski definition) is 2. The summed E-state index contributed by atoms with van der Waals surface area (Å²) in [5.74, 6) is -0.419. The molecule has 0 saturated heterocycles. The molecule has 2 aromatic heterocycles. The molecule has 3 rings (SSSR count). The number of aromatic amines is 1. The molecule has 0 aliphatic carbocycles. The molecule has 2 N–H and O–H groups in total. The molecule has 0 saturated carbocycles. The summed E-state index contributed by atoms with van der Waals surface area (Å²) in [4.78, 5) is 12.9. The molecular formula is C17H17F6N7O. The van der Waals surface area contributed by atoms with Crippen molar-refractivity contribution in [2.75, 3.05) is 23.3 Å². The van der Waals surface area contributed by atoms with Crippen molar-refractivity contribution in [2.24, 2.45) is 0 Å². The standard InChI is InChI=1S/C17H17F6N7O/c1-3-30(4-2)14-26-13(25-10-6-5-9-8-24-29-11(9)7-10)27-15(28-14)31-12(16(18,19)20)17(21,22)23/h5-8,12H,3-4H2,1-2H3,(H,24,29)(H,25,26,27,28). The van der Waals surface area contributed by atoms with E-state index in [0.717, 1.165) is 5.39 Å².